The summed E-state index contributed by atoms with van der Waals surface area (Å²) in [5.41, 5.74) is 0. The zero-order chi connectivity index (χ0) is 73.4. The third-order valence-corrected chi connectivity index (χ3v) is 20.4. The number of ether oxygens (including phenoxy) is 1. The highest BCUT2D eigenvalue weighted by Gasteiger charge is 2.26. The molecule has 0 unspecified atom stereocenters. The van der Waals surface area contributed by atoms with Crippen molar-refractivity contribution in [2.24, 2.45) is 0 Å². The van der Waals surface area contributed by atoms with E-state index < -0.39 is 91.1 Å². The van der Waals surface area contributed by atoms with Gasteiger partial charge in [0.15, 0.2) is 4.90 Å². The highest BCUT2D eigenvalue weighted by Crippen LogP contribution is 2.28. The molecular weight excluding hydrogens is 1420 g/mol. The molecule has 0 aliphatic carbocycles. The van der Waals surface area contributed by atoms with E-state index in [1.807, 2.05) is 62.3 Å². The lowest BCUT2D eigenvalue weighted by Crippen LogP contribution is -2.03. The Balaban J connectivity index is -0.000000179. The van der Waals surface area contributed by atoms with Crippen LogP contribution >= 0.6 is 0 Å². The van der Waals surface area contributed by atoms with Gasteiger partial charge in [0.25, 0.3) is 80.9 Å². The van der Waals surface area contributed by atoms with E-state index in [1.54, 1.807) is 4.90 Å². The fraction of sp³-hybridized carbons (Fsp3) is 0.815. The van der Waals surface area contributed by atoms with Gasteiger partial charge in [-0.1, -0.05) is 140 Å². The molecule has 92 heavy (non-hydrogen) atoms. The van der Waals surface area contributed by atoms with Gasteiger partial charge in [-0.05, 0) is 112 Å². The summed E-state index contributed by atoms with van der Waals surface area (Å²) in [5, 5.41) is 2.65. The maximum Gasteiger partial charge on any atom is 0.264 e. The maximum absolute atomic E-state index is 9.95. The highest BCUT2D eigenvalue weighted by molar-refractivity contribution is 7.97. The maximum atomic E-state index is 9.95. The zero-order valence-electron chi connectivity index (χ0n) is 55.3. The number of unbranched alkanes of at least 4 members (excludes halogenated alkanes) is 10. The molecular formula is C54H112O28S10. The monoisotopic (exact) mass is 1530 g/mol. The molecule has 1 aliphatic heterocycles. The summed E-state index contributed by atoms with van der Waals surface area (Å²) < 4.78 is 259. The van der Waals surface area contributed by atoms with Crippen molar-refractivity contribution in [3.63, 3.8) is 0 Å². The largest absolute Gasteiger partial charge is 0.748 e. The Morgan fingerprint density at radius 1 is 0.326 bits per heavy atom. The van der Waals surface area contributed by atoms with Crippen molar-refractivity contribution >= 4 is 113 Å². The average molecular weight is 1530 g/mol. The first-order chi connectivity index (χ1) is 41.9. The molecule has 0 atom stereocenters. The summed E-state index contributed by atoms with van der Waals surface area (Å²) in [5.74, 6) is 2.71. The standard InChI is InChI=1S/C18H23OS.9C4H10O3S/c1-2-3-10-19-17-8-6-16-14-18(9-7-15(16)13-17)20-11-4-5-12-20;9*1-2-3-4-8(5,6)7/h6-9,13-14H,2-5,10-12H2,1H3;9*2-4H2,1H3,(H,5,6,7)/q+1;;;;;;;;;/p-1. The predicted octanol–water partition coefficient (Wildman–Crippen LogP) is 10.5. The molecule has 0 bridgehead atoms. The Bertz CT molecular complexity index is 2660. The molecule has 0 saturated carbocycles. The average Bonchev–Trinajstić information content (AvgIpc) is 1.21. The predicted molar refractivity (Wildman–Crippen MR) is 369 cm³/mol. The molecule has 8 N–H and O–H groups in total. The molecule has 28 nitrogen and oxygen atoms in total. The summed E-state index contributed by atoms with van der Waals surface area (Å²) >= 11 is 0. The summed E-state index contributed by atoms with van der Waals surface area (Å²) in [7, 11) is -32.9. The molecule has 1 aliphatic rings. The van der Waals surface area contributed by atoms with E-state index in [9.17, 15) is 80.3 Å². The number of rotatable bonds is 32. The van der Waals surface area contributed by atoms with Gasteiger partial charge >= 0.3 is 0 Å². The van der Waals surface area contributed by atoms with E-state index in [0.717, 1.165) is 76.6 Å². The van der Waals surface area contributed by atoms with Crippen molar-refractivity contribution in [3.8, 4) is 5.75 Å². The van der Waals surface area contributed by atoms with Crippen molar-refractivity contribution in [2.75, 3.05) is 69.9 Å². The van der Waals surface area contributed by atoms with Crippen LogP contribution in [-0.2, 0) is 102 Å². The van der Waals surface area contributed by atoms with Gasteiger partial charge in [0.05, 0.1) is 62.7 Å². The molecule has 38 heteroatoms. The first kappa shape index (κ1) is 104. The molecule has 1 saturated heterocycles. The normalized spacial score (nSPS) is 12.6. The van der Waals surface area contributed by atoms with E-state index >= 15 is 0 Å². The Kier molecular flexibility index (Phi) is 66.5. The molecule has 2 aromatic carbocycles. The van der Waals surface area contributed by atoms with Gasteiger partial charge in [0.2, 0.25) is 0 Å². The minimum Gasteiger partial charge on any atom is -0.748 e. The smallest absolute Gasteiger partial charge is 0.264 e. The van der Waals surface area contributed by atoms with Gasteiger partial charge in [-0.15, -0.1) is 0 Å². The van der Waals surface area contributed by atoms with Crippen molar-refractivity contribution in [1.82, 2.24) is 0 Å². The third-order valence-electron chi connectivity index (χ3n) is 10.7. The van der Waals surface area contributed by atoms with Crippen molar-refractivity contribution in [1.29, 1.82) is 0 Å². The summed E-state index contributed by atoms with van der Waals surface area (Å²) in [6.45, 7) is 19.8. The minimum atomic E-state index is -3.94. The molecule has 1 fully saturated rings. The third kappa shape index (κ3) is 102. The number of hydrogen-bond acceptors (Lipinski definition) is 20. The second-order valence-corrected chi connectivity index (χ2v) is 36.6. The Hall–Kier alpha value is -1.96. The van der Waals surface area contributed by atoms with Crippen LogP contribution in [0.3, 0.4) is 0 Å². The fourth-order valence-electron chi connectivity index (χ4n) is 5.63. The van der Waals surface area contributed by atoms with Crippen molar-refractivity contribution in [2.45, 2.75) is 215 Å². The lowest BCUT2D eigenvalue weighted by atomic mass is 10.1. The summed E-state index contributed by atoms with van der Waals surface area (Å²) in [6.07, 6.45) is 17.0. The van der Waals surface area contributed by atoms with E-state index in [-0.39, 0.29) is 51.8 Å². The lowest BCUT2D eigenvalue weighted by Gasteiger charge is -2.07. The Morgan fingerprint density at radius 3 is 0.739 bits per heavy atom. The van der Waals surface area contributed by atoms with E-state index in [4.69, 9.17) is 41.2 Å². The van der Waals surface area contributed by atoms with Crippen LogP contribution in [0, 0.1) is 0 Å². The van der Waals surface area contributed by atoms with Gasteiger partial charge in [0, 0.05) is 22.7 Å². The molecule has 0 radical (unpaired) electrons. The van der Waals surface area contributed by atoms with E-state index in [1.165, 1.54) is 41.5 Å². The second-order valence-electron chi connectivity index (χ2n) is 20.2. The molecule has 1 heterocycles. The highest BCUT2D eigenvalue weighted by atomic mass is 32.3. The van der Waals surface area contributed by atoms with Crippen LogP contribution in [0.25, 0.3) is 10.8 Å². The molecule has 0 aromatic heterocycles. The van der Waals surface area contributed by atoms with Crippen LogP contribution in [0.15, 0.2) is 41.3 Å². The van der Waals surface area contributed by atoms with Crippen LogP contribution in [0.4, 0.5) is 0 Å². The van der Waals surface area contributed by atoms with E-state index in [2.05, 4.69) is 43.3 Å². The molecule has 0 amide bonds. The quantitative estimate of drug-likeness (QED) is 0.0192. The van der Waals surface area contributed by atoms with Crippen LogP contribution in [-0.4, -0.2) is 187 Å². The topological polar surface area (TPSA) is 501 Å². The Labute approximate surface area is 557 Å². The van der Waals surface area contributed by atoms with Gasteiger partial charge < -0.3 is 9.29 Å². The van der Waals surface area contributed by atoms with E-state index in [0.29, 0.717) is 68.7 Å². The molecule has 3 rings (SSSR count). The minimum absolute atomic E-state index is 0.108. The van der Waals surface area contributed by atoms with Crippen LogP contribution in [0.2, 0.25) is 0 Å². The first-order valence-electron chi connectivity index (χ1n) is 30.3. The van der Waals surface area contributed by atoms with Gasteiger partial charge in [-0.3, -0.25) is 36.4 Å². The van der Waals surface area contributed by atoms with Crippen LogP contribution in [0.5, 0.6) is 5.75 Å². The fourth-order valence-corrected chi connectivity index (χ4v) is 13.8. The van der Waals surface area contributed by atoms with Gasteiger partial charge in [0.1, 0.15) is 17.3 Å². The molecule has 0 spiro atoms. The summed E-state index contributed by atoms with van der Waals surface area (Å²) in [4.78, 5) is 1.55. The molecule has 2 aromatic rings. The zero-order valence-corrected chi connectivity index (χ0v) is 63.5. The number of fused-ring (bicyclic) bond motifs is 1. The molecule has 556 valence electrons. The first-order valence-corrected chi connectivity index (χ1v) is 46.3. The second kappa shape index (κ2) is 59.1. The van der Waals surface area contributed by atoms with Gasteiger partial charge in [-0.25, -0.2) is 8.42 Å². The number of benzene rings is 2. The van der Waals surface area contributed by atoms with Crippen molar-refractivity contribution < 1.29 is 121 Å². The van der Waals surface area contributed by atoms with Crippen LogP contribution in [0.1, 0.15) is 210 Å². The van der Waals surface area contributed by atoms with Crippen LogP contribution < -0.4 is 4.74 Å². The Morgan fingerprint density at radius 2 is 0.543 bits per heavy atom. The van der Waals surface area contributed by atoms with Crippen molar-refractivity contribution in [3.05, 3.63) is 36.4 Å². The van der Waals surface area contributed by atoms with Gasteiger partial charge in [-0.2, -0.15) is 67.3 Å². The lowest BCUT2D eigenvalue weighted by molar-refractivity contribution is 0.310. The summed E-state index contributed by atoms with van der Waals surface area (Å²) in [6, 6.07) is 13.5. The number of hydrogen-bond donors (Lipinski definition) is 8. The SMILES string of the molecule is CCCCOc1ccc2cc([S+]3CCCC3)ccc2c1.CCCCS(=O)(=O)O.CCCCS(=O)(=O)O.CCCCS(=O)(=O)O.CCCCS(=O)(=O)O.CCCCS(=O)(=O)O.CCCCS(=O)(=O)O.CCCCS(=O)(=O)O.CCCCS(=O)(=O)O.CCCCS(=O)(=O)[O-].